The maximum atomic E-state index is 4.26. The van der Waals surface area contributed by atoms with Crippen molar-refractivity contribution in [1.82, 2.24) is 9.97 Å². The smallest absolute Gasteiger partial charge is 0.236 e. The average Bonchev–Trinajstić information content (AvgIpc) is 3.15. The van der Waals surface area contributed by atoms with Crippen LogP contribution in [0.4, 0.5) is 0 Å². The van der Waals surface area contributed by atoms with E-state index in [1.54, 1.807) is 0 Å². The zero-order chi connectivity index (χ0) is 20.5. The first-order valence-corrected chi connectivity index (χ1v) is 9.93. The monoisotopic (exact) mass is 378 g/mol. The third-order valence-electron chi connectivity index (χ3n) is 4.73. The molecule has 29 heavy (non-hydrogen) atoms. The minimum absolute atomic E-state index is 0.308. The number of imidazole rings is 1. The van der Waals surface area contributed by atoms with Crippen molar-refractivity contribution in [1.29, 1.82) is 0 Å². The molecule has 0 atom stereocenters. The van der Waals surface area contributed by atoms with Gasteiger partial charge in [0.2, 0.25) is 6.71 Å². The van der Waals surface area contributed by atoms with Crippen molar-refractivity contribution in [3.63, 3.8) is 0 Å². The van der Waals surface area contributed by atoms with Crippen LogP contribution in [0, 0.1) is 6.92 Å². The molecule has 2 nitrogen and oxygen atoms in total. The lowest BCUT2D eigenvalue weighted by Crippen LogP contribution is -2.43. The molecule has 0 unspecified atom stereocenters. The lowest BCUT2D eigenvalue weighted by Gasteiger charge is -2.14. The maximum Gasteiger partial charge on any atom is 0.236 e. The fourth-order valence-corrected chi connectivity index (χ4v) is 3.40. The Balaban J connectivity index is 0.000000169. The van der Waals surface area contributed by atoms with Gasteiger partial charge in [0.25, 0.3) is 0 Å². The number of hydrogen-bond acceptors (Lipinski definition) is 1. The number of nitrogens with zero attached hydrogens (tertiary/aromatic N) is 1. The summed E-state index contributed by atoms with van der Waals surface area (Å²) in [5.74, 6) is 1.03. The van der Waals surface area contributed by atoms with Crippen molar-refractivity contribution in [3.05, 3.63) is 126 Å². The average molecular weight is 378 g/mol. The predicted octanol–water partition coefficient (Wildman–Crippen LogP) is 4.72. The minimum atomic E-state index is 0.308. The van der Waals surface area contributed by atoms with Gasteiger partial charge in [-0.3, -0.25) is 0 Å². The molecule has 3 heteroatoms. The third kappa shape index (κ3) is 6.08. The molecule has 1 aromatic heterocycles. The van der Waals surface area contributed by atoms with Crippen LogP contribution in [0.15, 0.2) is 109 Å². The van der Waals surface area contributed by atoms with Crippen LogP contribution in [0.5, 0.6) is 0 Å². The van der Waals surface area contributed by atoms with Gasteiger partial charge in [0.1, 0.15) is 5.82 Å². The number of rotatable bonds is 5. The lowest BCUT2D eigenvalue weighted by molar-refractivity contribution is 1.02. The highest BCUT2D eigenvalue weighted by Crippen LogP contribution is 2.05. The van der Waals surface area contributed by atoms with E-state index < -0.39 is 0 Å². The Morgan fingerprint density at radius 1 is 0.828 bits per heavy atom. The largest absolute Gasteiger partial charge is 0.346 e. The molecule has 0 radical (unpaired) electrons. The third-order valence-corrected chi connectivity index (χ3v) is 4.73. The molecular formula is C26H27BN2. The number of benzene rings is 3. The van der Waals surface area contributed by atoms with Crippen LogP contribution in [0.1, 0.15) is 24.0 Å². The van der Waals surface area contributed by atoms with E-state index in [-0.39, 0.29) is 0 Å². The Labute approximate surface area is 174 Å². The predicted molar refractivity (Wildman–Crippen MR) is 125 cm³/mol. The molecule has 4 aromatic rings. The van der Waals surface area contributed by atoms with Gasteiger partial charge in [0.05, 0.1) is 0 Å². The van der Waals surface area contributed by atoms with E-state index in [2.05, 4.69) is 84.1 Å². The topological polar surface area (TPSA) is 28.7 Å². The molecule has 0 aliphatic heterocycles. The summed E-state index contributed by atoms with van der Waals surface area (Å²) in [6.07, 6.45) is 2.74. The molecule has 0 bridgehead atoms. The van der Waals surface area contributed by atoms with Crippen LogP contribution in [-0.2, 0) is 6.42 Å². The Bertz CT molecular complexity index is 969. The Hall–Kier alpha value is -3.33. The normalized spacial score (nSPS) is 10.0. The summed E-state index contributed by atoms with van der Waals surface area (Å²) in [5, 5.41) is 0. The van der Waals surface area contributed by atoms with Crippen molar-refractivity contribution in [2.24, 2.45) is 0 Å². The number of hydrogen-bond donors (Lipinski definition) is 1. The molecule has 0 amide bonds. The summed E-state index contributed by atoms with van der Waals surface area (Å²) in [5.41, 5.74) is 6.20. The first-order chi connectivity index (χ1) is 14.1. The van der Waals surface area contributed by atoms with E-state index in [4.69, 9.17) is 0 Å². The minimum Gasteiger partial charge on any atom is -0.346 e. The summed E-state index contributed by atoms with van der Waals surface area (Å²) in [6, 6.07) is 31.4. The number of aromatic amines is 1. The lowest BCUT2D eigenvalue weighted by atomic mass is 9.37. The van der Waals surface area contributed by atoms with E-state index in [1.165, 1.54) is 22.0 Å². The first-order valence-electron chi connectivity index (χ1n) is 9.93. The molecule has 3 aromatic carbocycles. The Morgan fingerprint density at radius 3 is 1.72 bits per heavy atom. The van der Waals surface area contributed by atoms with Crippen molar-refractivity contribution in [2.45, 2.75) is 20.3 Å². The summed E-state index contributed by atoms with van der Waals surface area (Å²) in [6.45, 7) is 8.52. The van der Waals surface area contributed by atoms with Gasteiger partial charge in [0.15, 0.2) is 0 Å². The summed E-state index contributed by atoms with van der Waals surface area (Å²) in [4.78, 5) is 7.47. The SMILES string of the molecule is C=C(C)B(c1ccccc1)c1ccccc1.Cc1cnc(Cc2ccccc2)[nH]1. The molecule has 1 N–H and O–H groups in total. The van der Waals surface area contributed by atoms with Crippen molar-refractivity contribution in [3.8, 4) is 0 Å². The van der Waals surface area contributed by atoms with Gasteiger partial charge >= 0.3 is 0 Å². The van der Waals surface area contributed by atoms with E-state index >= 15 is 0 Å². The van der Waals surface area contributed by atoms with E-state index in [1.807, 2.05) is 43.5 Å². The zero-order valence-corrected chi connectivity index (χ0v) is 17.2. The summed E-state index contributed by atoms with van der Waals surface area (Å²) >= 11 is 0. The highest BCUT2D eigenvalue weighted by Gasteiger charge is 2.18. The maximum absolute atomic E-state index is 4.26. The van der Waals surface area contributed by atoms with Crippen LogP contribution < -0.4 is 10.9 Å². The molecule has 0 aliphatic rings. The molecule has 144 valence electrons. The van der Waals surface area contributed by atoms with Crippen LogP contribution in [0.25, 0.3) is 0 Å². The van der Waals surface area contributed by atoms with E-state index in [0.29, 0.717) is 6.71 Å². The molecule has 4 rings (SSSR count). The van der Waals surface area contributed by atoms with Gasteiger partial charge in [-0.2, -0.15) is 0 Å². The van der Waals surface area contributed by atoms with Gasteiger partial charge < -0.3 is 4.98 Å². The molecule has 0 aliphatic carbocycles. The standard InChI is InChI=1S/C15H15B.C11H12N2/c1-13(2)16(14-9-5-3-6-10-14)15-11-7-4-8-12-15;1-9-8-12-11(13-9)7-10-5-3-2-4-6-10/h3-12H,1H2,2H3;2-6,8H,7H2,1H3,(H,12,13). The van der Waals surface area contributed by atoms with Crippen LogP contribution in [0.2, 0.25) is 0 Å². The summed E-state index contributed by atoms with van der Waals surface area (Å²) < 4.78 is 0. The van der Waals surface area contributed by atoms with Gasteiger partial charge in [-0.25, -0.2) is 4.98 Å². The number of aromatic nitrogens is 2. The van der Waals surface area contributed by atoms with Crippen molar-refractivity contribution in [2.75, 3.05) is 0 Å². The highest BCUT2D eigenvalue weighted by molar-refractivity contribution is 6.90. The van der Waals surface area contributed by atoms with Gasteiger partial charge in [-0.15, -0.1) is 12.1 Å². The number of allylic oxidation sites excluding steroid dienone is 1. The van der Waals surface area contributed by atoms with E-state index in [9.17, 15) is 0 Å². The van der Waals surface area contributed by atoms with Crippen molar-refractivity contribution >= 4 is 17.6 Å². The van der Waals surface area contributed by atoms with Gasteiger partial charge in [-0.05, 0) is 12.5 Å². The second-order valence-electron chi connectivity index (χ2n) is 7.28. The van der Waals surface area contributed by atoms with Gasteiger partial charge in [0, 0.05) is 18.3 Å². The molecule has 0 spiro atoms. The number of nitrogens with one attached hydrogen (secondary N) is 1. The van der Waals surface area contributed by atoms with Crippen LogP contribution >= 0.6 is 0 Å². The second kappa shape index (κ2) is 10.3. The highest BCUT2D eigenvalue weighted by atomic mass is 14.9. The quantitative estimate of drug-likeness (QED) is 0.500. The Morgan fingerprint density at radius 2 is 1.31 bits per heavy atom. The van der Waals surface area contributed by atoms with Gasteiger partial charge in [-0.1, -0.05) is 109 Å². The molecule has 0 fully saturated rings. The fraction of sp³-hybridized carbons (Fsp3) is 0.115. The van der Waals surface area contributed by atoms with Crippen LogP contribution in [-0.4, -0.2) is 16.7 Å². The fourth-order valence-electron chi connectivity index (χ4n) is 3.40. The first kappa shape index (κ1) is 20.4. The molecular weight excluding hydrogens is 351 g/mol. The van der Waals surface area contributed by atoms with E-state index in [0.717, 1.165) is 17.9 Å². The molecule has 0 saturated heterocycles. The second-order valence-corrected chi connectivity index (χ2v) is 7.28. The van der Waals surface area contributed by atoms with Crippen molar-refractivity contribution < 1.29 is 0 Å². The summed E-state index contributed by atoms with van der Waals surface area (Å²) in [7, 11) is 0. The molecule has 1 heterocycles. The molecule has 0 saturated carbocycles. The Kier molecular flexibility index (Phi) is 7.24. The number of aryl methyl sites for hydroxylation is 1. The zero-order valence-electron chi connectivity index (χ0n) is 17.2. The number of H-pyrrole nitrogens is 1. The van der Waals surface area contributed by atoms with Crippen LogP contribution in [0.3, 0.4) is 0 Å².